The molecule has 3 rings (SSSR count). The minimum absolute atomic E-state index is 0.0314. The van der Waals surface area contributed by atoms with E-state index < -0.39 is 0 Å². The molecule has 0 radical (unpaired) electrons. The summed E-state index contributed by atoms with van der Waals surface area (Å²) in [5.41, 5.74) is 2.25. The van der Waals surface area contributed by atoms with E-state index in [0.29, 0.717) is 6.61 Å². The van der Waals surface area contributed by atoms with E-state index in [9.17, 15) is 4.79 Å². The molecule has 6 heteroatoms. The maximum atomic E-state index is 12.6. The third-order valence-corrected chi connectivity index (χ3v) is 6.04. The number of aromatic nitrogens is 2. The Bertz CT molecular complexity index is 944. The third-order valence-electron chi connectivity index (χ3n) is 3.94. The minimum Gasteiger partial charge on any atom is -0.493 e. The summed E-state index contributed by atoms with van der Waals surface area (Å²) in [5.74, 6) is 1.61. The van der Waals surface area contributed by atoms with Crippen molar-refractivity contribution in [2.75, 3.05) is 12.4 Å². The average molecular weight is 361 g/mol. The van der Waals surface area contributed by atoms with Crippen molar-refractivity contribution in [2.24, 2.45) is 7.05 Å². The van der Waals surface area contributed by atoms with Gasteiger partial charge in [-0.05, 0) is 44.0 Å². The molecule has 0 saturated heterocycles. The van der Waals surface area contributed by atoms with E-state index in [-0.39, 0.29) is 5.56 Å². The summed E-state index contributed by atoms with van der Waals surface area (Å²) in [6, 6.07) is 8.00. The van der Waals surface area contributed by atoms with Gasteiger partial charge in [-0.25, -0.2) is 4.98 Å². The maximum absolute atomic E-state index is 12.6. The van der Waals surface area contributed by atoms with Gasteiger partial charge in [0.25, 0.3) is 5.56 Å². The largest absolute Gasteiger partial charge is 0.493 e. The molecule has 3 aromatic rings. The van der Waals surface area contributed by atoms with E-state index >= 15 is 0 Å². The zero-order chi connectivity index (χ0) is 17.3. The fourth-order valence-corrected chi connectivity index (χ4v) is 4.34. The molecular formula is C18H20N2O2S2. The predicted molar refractivity (Wildman–Crippen MR) is 102 cm³/mol. The lowest BCUT2D eigenvalue weighted by Crippen LogP contribution is -2.20. The minimum atomic E-state index is 0.0314. The number of aryl methyl sites for hydroxylation is 3. The molecule has 2 heterocycles. The molecular weight excluding hydrogens is 340 g/mol. The average Bonchev–Trinajstić information content (AvgIpc) is 2.83. The second-order valence-electron chi connectivity index (χ2n) is 5.74. The van der Waals surface area contributed by atoms with Gasteiger partial charge >= 0.3 is 0 Å². The van der Waals surface area contributed by atoms with Crippen molar-refractivity contribution in [3.63, 3.8) is 0 Å². The lowest BCUT2D eigenvalue weighted by molar-refractivity contribution is 0.343. The molecule has 24 heavy (non-hydrogen) atoms. The van der Waals surface area contributed by atoms with Gasteiger partial charge in [0.1, 0.15) is 10.6 Å². The van der Waals surface area contributed by atoms with Crippen molar-refractivity contribution in [3.8, 4) is 5.75 Å². The molecule has 0 aliphatic carbocycles. The zero-order valence-electron chi connectivity index (χ0n) is 14.3. The van der Waals surface area contributed by atoms with Gasteiger partial charge in [0.05, 0.1) is 12.0 Å². The molecule has 2 aromatic heterocycles. The molecule has 0 aliphatic rings. The Morgan fingerprint density at radius 1 is 1.29 bits per heavy atom. The van der Waals surface area contributed by atoms with Crippen molar-refractivity contribution >= 4 is 33.3 Å². The van der Waals surface area contributed by atoms with Crippen LogP contribution >= 0.6 is 23.1 Å². The highest BCUT2D eigenvalue weighted by molar-refractivity contribution is 7.99. The van der Waals surface area contributed by atoms with Gasteiger partial charge in [-0.1, -0.05) is 23.9 Å². The highest BCUT2D eigenvalue weighted by atomic mass is 32.2. The first-order valence-electron chi connectivity index (χ1n) is 7.76. The Morgan fingerprint density at radius 2 is 2.08 bits per heavy atom. The summed E-state index contributed by atoms with van der Waals surface area (Å²) >= 11 is 3.13. The van der Waals surface area contributed by atoms with E-state index in [2.05, 4.69) is 4.98 Å². The molecule has 0 bridgehead atoms. The Morgan fingerprint density at radius 3 is 2.83 bits per heavy atom. The quantitative estimate of drug-likeness (QED) is 0.390. The molecule has 0 fully saturated rings. The molecule has 0 unspecified atom stereocenters. The van der Waals surface area contributed by atoms with Crippen LogP contribution in [0, 0.1) is 20.8 Å². The zero-order valence-corrected chi connectivity index (χ0v) is 15.9. The molecule has 0 amide bonds. The molecule has 1 aromatic carbocycles. The van der Waals surface area contributed by atoms with Crippen molar-refractivity contribution in [3.05, 3.63) is 50.6 Å². The number of ether oxygens (including phenoxy) is 1. The first kappa shape index (κ1) is 17.0. The van der Waals surface area contributed by atoms with Crippen molar-refractivity contribution < 1.29 is 4.74 Å². The summed E-state index contributed by atoms with van der Waals surface area (Å²) in [5, 5.41) is 1.49. The molecule has 0 saturated carbocycles. The lowest BCUT2D eigenvalue weighted by atomic mass is 10.2. The summed E-state index contributed by atoms with van der Waals surface area (Å²) in [4.78, 5) is 19.2. The van der Waals surface area contributed by atoms with Crippen LogP contribution < -0.4 is 10.3 Å². The van der Waals surface area contributed by atoms with E-state index in [4.69, 9.17) is 4.74 Å². The van der Waals surface area contributed by atoms with Crippen LogP contribution in [0.2, 0.25) is 0 Å². The Kier molecular flexibility index (Phi) is 4.96. The lowest BCUT2D eigenvalue weighted by Gasteiger charge is -2.09. The summed E-state index contributed by atoms with van der Waals surface area (Å²) in [6.45, 7) is 6.63. The number of hydrogen-bond acceptors (Lipinski definition) is 5. The van der Waals surface area contributed by atoms with Gasteiger partial charge in [-0.3, -0.25) is 9.36 Å². The van der Waals surface area contributed by atoms with E-state index in [1.54, 1.807) is 34.7 Å². The van der Waals surface area contributed by atoms with Crippen LogP contribution in [0.5, 0.6) is 5.75 Å². The SMILES string of the molecule is Cc1cccc(OCCSc2nc3sc(C)c(C)c3c(=O)n2C)c1. The summed E-state index contributed by atoms with van der Waals surface area (Å²) in [6.07, 6.45) is 0. The van der Waals surface area contributed by atoms with Crippen LogP contribution in [0.4, 0.5) is 0 Å². The normalized spacial score (nSPS) is 11.2. The van der Waals surface area contributed by atoms with Crippen LogP contribution in [-0.4, -0.2) is 21.9 Å². The smallest absolute Gasteiger partial charge is 0.262 e. The molecule has 0 atom stereocenters. The molecule has 0 spiro atoms. The third kappa shape index (κ3) is 3.35. The Labute approximate surface area is 149 Å². The Balaban J connectivity index is 1.71. The van der Waals surface area contributed by atoms with Gasteiger partial charge in [0.15, 0.2) is 5.16 Å². The highest BCUT2D eigenvalue weighted by Crippen LogP contribution is 2.28. The van der Waals surface area contributed by atoms with Crippen molar-refractivity contribution in [2.45, 2.75) is 25.9 Å². The van der Waals surface area contributed by atoms with Crippen LogP contribution in [0.1, 0.15) is 16.0 Å². The Hall–Kier alpha value is -1.79. The fourth-order valence-electron chi connectivity index (χ4n) is 2.48. The maximum Gasteiger partial charge on any atom is 0.262 e. The van der Waals surface area contributed by atoms with Crippen LogP contribution in [0.25, 0.3) is 10.2 Å². The second kappa shape index (κ2) is 6.99. The first-order chi connectivity index (χ1) is 11.5. The van der Waals surface area contributed by atoms with Gasteiger partial charge in [-0.15, -0.1) is 11.3 Å². The monoisotopic (exact) mass is 360 g/mol. The second-order valence-corrected chi connectivity index (χ2v) is 8.00. The molecule has 0 N–H and O–H groups in total. The number of hydrogen-bond donors (Lipinski definition) is 0. The highest BCUT2D eigenvalue weighted by Gasteiger charge is 2.14. The first-order valence-corrected chi connectivity index (χ1v) is 9.56. The van der Waals surface area contributed by atoms with Crippen LogP contribution in [-0.2, 0) is 7.05 Å². The van der Waals surface area contributed by atoms with Crippen LogP contribution in [0.3, 0.4) is 0 Å². The topological polar surface area (TPSA) is 44.1 Å². The number of benzene rings is 1. The summed E-state index contributed by atoms with van der Waals surface area (Å²) in [7, 11) is 1.78. The van der Waals surface area contributed by atoms with Gasteiger partial charge < -0.3 is 4.74 Å². The number of thioether (sulfide) groups is 1. The number of nitrogens with zero attached hydrogens (tertiary/aromatic N) is 2. The number of rotatable bonds is 5. The van der Waals surface area contributed by atoms with E-state index in [1.165, 1.54) is 5.56 Å². The molecule has 126 valence electrons. The fraction of sp³-hybridized carbons (Fsp3) is 0.333. The molecule has 0 aliphatic heterocycles. The summed E-state index contributed by atoms with van der Waals surface area (Å²) < 4.78 is 7.39. The standard InChI is InChI=1S/C18H20N2O2S2/c1-11-6-5-7-14(10-11)22-8-9-23-18-19-16-15(17(21)20(18)4)12(2)13(3)24-16/h5-7,10H,8-9H2,1-4H3. The van der Waals surface area contributed by atoms with Gasteiger partial charge in [0.2, 0.25) is 0 Å². The predicted octanol–water partition coefficient (Wildman–Crippen LogP) is 4.09. The van der Waals surface area contributed by atoms with Gasteiger partial charge in [0, 0.05) is 17.7 Å². The number of fused-ring (bicyclic) bond motifs is 1. The van der Waals surface area contributed by atoms with Crippen LogP contribution in [0.15, 0.2) is 34.2 Å². The van der Waals surface area contributed by atoms with Crippen molar-refractivity contribution in [1.29, 1.82) is 0 Å². The van der Waals surface area contributed by atoms with E-state index in [1.807, 2.05) is 45.0 Å². The molecule has 4 nitrogen and oxygen atoms in total. The van der Waals surface area contributed by atoms with Gasteiger partial charge in [-0.2, -0.15) is 0 Å². The number of thiophene rings is 1. The van der Waals surface area contributed by atoms with Crippen molar-refractivity contribution in [1.82, 2.24) is 9.55 Å². The van der Waals surface area contributed by atoms with E-state index in [0.717, 1.165) is 37.3 Å².